The van der Waals surface area contributed by atoms with Gasteiger partial charge in [0.1, 0.15) is 17.7 Å². The van der Waals surface area contributed by atoms with Crippen LogP contribution in [0.2, 0.25) is 0 Å². The van der Waals surface area contributed by atoms with Gasteiger partial charge < -0.3 is 10.1 Å². The molecular formula is C14H13N3O2. The third kappa shape index (κ3) is 4.93. The molecule has 0 radical (unpaired) electrons. The van der Waals surface area contributed by atoms with Gasteiger partial charge in [-0.3, -0.25) is 4.79 Å². The average Bonchev–Trinajstić information content (AvgIpc) is 2.42. The molecule has 1 aromatic carbocycles. The maximum atomic E-state index is 11.3. The first-order valence-electron chi connectivity index (χ1n) is 5.71. The maximum Gasteiger partial charge on any atom is 0.310 e. The average molecular weight is 255 g/mol. The van der Waals surface area contributed by atoms with E-state index in [4.69, 9.17) is 15.3 Å². The summed E-state index contributed by atoms with van der Waals surface area (Å²) in [6, 6.07) is 10.6. The van der Waals surface area contributed by atoms with Crippen LogP contribution in [0.25, 0.3) is 0 Å². The van der Waals surface area contributed by atoms with Gasteiger partial charge in [0.05, 0.1) is 13.0 Å². The number of rotatable bonds is 5. The van der Waals surface area contributed by atoms with E-state index in [1.807, 2.05) is 0 Å². The summed E-state index contributed by atoms with van der Waals surface area (Å²) in [5.74, 6) is -0.264. The van der Waals surface area contributed by atoms with Gasteiger partial charge in [-0.15, -0.1) is 0 Å². The molecule has 0 aromatic heterocycles. The number of allylic oxidation sites excluding steroid dienone is 1. The molecule has 0 saturated carbocycles. The molecule has 0 saturated heterocycles. The van der Waals surface area contributed by atoms with Crippen molar-refractivity contribution in [2.24, 2.45) is 0 Å². The van der Waals surface area contributed by atoms with Gasteiger partial charge in [0, 0.05) is 11.9 Å². The minimum absolute atomic E-state index is 0.00407. The first-order valence-corrected chi connectivity index (χ1v) is 5.71. The van der Waals surface area contributed by atoms with Gasteiger partial charge in [-0.1, -0.05) is 12.1 Å². The zero-order chi connectivity index (χ0) is 14.1. The quantitative estimate of drug-likeness (QED) is 0.643. The molecule has 1 aromatic rings. The van der Waals surface area contributed by atoms with Crippen molar-refractivity contribution in [2.45, 2.75) is 13.3 Å². The summed E-state index contributed by atoms with van der Waals surface area (Å²) in [4.78, 5) is 11.3. The lowest BCUT2D eigenvalue weighted by Crippen LogP contribution is -2.07. The highest BCUT2D eigenvalue weighted by Gasteiger charge is 2.03. The molecule has 0 bridgehead atoms. The molecule has 0 aliphatic heterocycles. The van der Waals surface area contributed by atoms with Crippen LogP contribution in [0.5, 0.6) is 0 Å². The molecule has 1 rings (SSSR count). The van der Waals surface area contributed by atoms with Crippen LogP contribution in [0.1, 0.15) is 12.5 Å². The molecule has 0 aliphatic carbocycles. The van der Waals surface area contributed by atoms with Crippen molar-refractivity contribution in [1.82, 2.24) is 0 Å². The Balaban J connectivity index is 2.63. The molecule has 0 fully saturated rings. The largest absolute Gasteiger partial charge is 0.466 e. The second-order valence-corrected chi connectivity index (χ2v) is 3.60. The number of ether oxygens (including phenoxy) is 1. The van der Waals surface area contributed by atoms with Gasteiger partial charge in [0.15, 0.2) is 0 Å². The fourth-order valence-corrected chi connectivity index (χ4v) is 1.34. The van der Waals surface area contributed by atoms with Gasteiger partial charge in [-0.2, -0.15) is 10.5 Å². The van der Waals surface area contributed by atoms with Crippen molar-refractivity contribution in [3.05, 3.63) is 41.6 Å². The monoisotopic (exact) mass is 255 g/mol. The van der Waals surface area contributed by atoms with Gasteiger partial charge in [0.2, 0.25) is 0 Å². The third-order valence-electron chi connectivity index (χ3n) is 2.23. The number of hydrogen-bond acceptors (Lipinski definition) is 5. The minimum Gasteiger partial charge on any atom is -0.466 e. The Kier molecular flexibility index (Phi) is 5.65. The molecule has 5 nitrogen and oxygen atoms in total. The highest BCUT2D eigenvalue weighted by atomic mass is 16.5. The SMILES string of the molecule is CCOC(=O)Cc1ccc(NC=C(C#N)C#N)cc1. The van der Waals surface area contributed by atoms with E-state index in [-0.39, 0.29) is 18.0 Å². The van der Waals surface area contributed by atoms with Crippen LogP contribution in [0, 0.1) is 22.7 Å². The second-order valence-electron chi connectivity index (χ2n) is 3.60. The van der Waals surface area contributed by atoms with Crippen LogP contribution in [0.3, 0.4) is 0 Å². The van der Waals surface area contributed by atoms with Crippen LogP contribution in [0.4, 0.5) is 5.69 Å². The summed E-state index contributed by atoms with van der Waals surface area (Å²) in [7, 11) is 0. The number of nitrogens with one attached hydrogen (secondary N) is 1. The Morgan fingerprint density at radius 3 is 2.47 bits per heavy atom. The lowest BCUT2D eigenvalue weighted by atomic mass is 10.1. The molecule has 5 heteroatoms. The maximum absolute atomic E-state index is 11.3. The second kappa shape index (κ2) is 7.52. The lowest BCUT2D eigenvalue weighted by Gasteiger charge is -2.04. The summed E-state index contributed by atoms with van der Waals surface area (Å²) in [5.41, 5.74) is 1.57. The van der Waals surface area contributed by atoms with Gasteiger partial charge in [0.25, 0.3) is 0 Å². The summed E-state index contributed by atoms with van der Waals surface area (Å²) in [5, 5.41) is 20.0. The number of carbonyl (C=O) groups excluding carboxylic acids is 1. The first kappa shape index (κ1) is 14.3. The van der Waals surface area contributed by atoms with Gasteiger partial charge in [-0.05, 0) is 24.6 Å². The Labute approximate surface area is 111 Å². The number of carbonyl (C=O) groups is 1. The summed E-state index contributed by atoms with van der Waals surface area (Å²) < 4.78 is 4.85. The fourth-order valence-electron chi connectivity index (χ4n) is 1.34. The normalized spacial score (nSPS) is 8.79. The number of anilines is 1. The van der Waals surface area contributed by atoms with Gasteiger partial charge in [-0.25, -0.2) is 0 Å². The molecule has 0 unspecified atom stereocenters. The van der Waals surface area contributed by atoms with E-state index in [0.29, 0.717) is 6.61 Å². The Morgan fingerprint density at radius 1 is 1.32 bits per heavy atom. The summed E-state index contributed by atoms with van der Waals surface area (Å²) in [6.45, 7) is 2.13. The molecular weight excluding hydrogens is 242 g/mol. The fraction of sp³-hybridized carbons (Fsp3) is 0.214. The predicted molar refractivity (Wildman–Crippen MR) is 69.7 cm³/mol. The molecule has 1 N–H and O–H groups in total. The van der Waals surface area contributed by atoms with Crippen molar-refractivity contribution in [1.29, 1.82) is 10.5 Å². The molecule has 96 valence electrons. The predicted octanol–water partition coefficient (Wildman–Crippen LogP) is 2.14. The number of hydrogen-bond donors (Lipinski definition) is 1. The van der Waals surface area contributed by atoms with Crippen molar-refractivity contribution in [3.8, 4) is 12.1 Å². The third-order valence-corrected chi connectivity index (χ3v) is 2.23. The van der Waals surface area contributed by atoms with E-state index in [9.17, 15) is 4.79 Å². The van der Waals surface area contributed by atoms with Crippen LogP contribution >= 0.6 is 0 Å². The topological polar surface area (TPSA) is 85.9 Å². The van der Waals surface area contributed by atoms with Crippen LogP contribution in [-0.2, 0) is 16.0 Å². The Hall–Kier alpha value is -2.79. The molecule has 0 amide bonds. The number of nitriles is 2. The number of benzene rings is 1. The van der Waals surface area contributed by atoms with E-state index in [0.717, 1.165) is 11.3 Å². The first-order chi connectivity index (χ1) is 9.19. The van der Waals surface area contributed by atoms with E-state index >= 15 is 0 Å². The van der Waals surface area contributed by atoms with E-state index < -0.39 is 0 Å². The van der Waals surface area contributed by atoms with Gasteiger partial charge >= 0.3 is 5.97 Å². The molecule has 0 atom stereocenters. The minimum atomic E-state index is -0.264. The molecule has 19 heavy (non-hydrogen) atoms. The zero-order valence-corrected chi connectivity index (χ0v) is 10.5. The summed E-state index contributed by atoms with van der Waals surface area (Å²) in [6.07, 6.45) is 1.56. The Morgan fingerprint density at radius 2 is 1.95 bits per heavy atom. The van der Waals surface area contributed by atoms with E-state index in [1.165, 1.54) is 6.20 Å². The standard InChI is InChI=1S/C14H13N3O2/c1-2-19-14(18)7-11-3-5-13(6-4-11)17-10-12(8-15)9-16/h3-6,10,17H,2,7H2,1H3. The van der Waals surface area contributed by atoms with Crippen LogP contribution in [-0.4, -0.2) is 12.6 Å². The highest BCUT2D eigenvalue weighted by Crippen LogP contribution is 2.11. The molecule has 0 spiro atoms. The number of esters is 1. The molecule has 0 heterocycles. The number of nitrogens with zero attached hydrogens (tertiary/aromatic N) is 2. The van der Waals surface area contributed by atoms with E-state index in [2.05, 4.69) is 5.32 Å². The van der Waals surface area contributed by atoms with E-state index in [1.54, 1.807) is 43.3 Å². The Bertz CT molecular complexity index is 532. The van der Waals surface area contributed by atoms with Crippen LogP contribution < -0.4 is 5.32 Å². The highest BCUT2D eigenvalue weighted by molar-refractivity contribution is 5.72. The summed E-state index contributed by atoms with van der Waals surface area (Å²) >= 11 is 0. The van der Waals surface area contributed by atoms with Crippen molar-refractivity contribution >= 4 is 11.7 Å². The van der Waals surface area contributed by atoms with Crippen molar-refractivity contribution in [3.63, 3.8) is 0 Å². The van der Waals surface area contributed by atoms with Crippen LogP contribution in [0.15, 0.2) is 36.0 Å². The smallest absolute Gasteiger partial charge is 0.310 e. The lowest BCUT2D eigenvalue weighted by molar-refractivity contribution is -0.142. The van der Waals surface area contributed by atoms with Crippen molar-refractivity contribution in [2.75, 3.05) is 11.9 Å². The zero-order valence-electron chi connectivity index (χ0n) is 10.5. The van der Waals surface area contributed by atoms with Crippen molar-refractivity contribution < 1.29 is 9.53 Å². The molecule has 0 aliphatic rings.